The Balaban J connectivity index is 2.10. The first kappa shape index (κ1) is 14.1. The van der Waals surface area contributed by atoms with Crippen LogP contribution in [0.2, 0.25) is 0 Å². The van der Waals surface area contributed by atoms with Crippen LogP contribution in [0, 0.1) is 23.2 Å². The summed E-state index contributed by atoms with van der Waals surface area (Å²) < 4.78 is 10.8. The van der Waals surface area contributed by atoms with Gasteiger partial charge in [0.2, 0.25) is 0 Å². The summed E-state index contributed by atoms with van der Waals surface area (Å²) in [5.74, 6) is -0.310. The Morgan fingerprint density at radius 2 is 1.95 bits per heavy atom. The van der Waals surface area contributed by atoms with E-state index in [1.807, 2.05) is 20.8 Å². The number of nitriles is 1. The maximum absolute atomic E-state index is 12.1. The second kappa shape index (κ2) is 4.66. The van der Waals surface area contributed by atoms with E-state index in [-0.39, 0.29) is 17.9 Å². The predicted molar refractivity (Wildman–Crippen MR) is 68.1 cm³/mol. The number of ether oxygens (including phenoxy) is 2. The molecule has 0 spiro atoms. The van der Waals surface area contributed by atoms with Crippen molar-refractivity contribution in [2.75, 3.05) is 26.3 Å². The summed E-state index contributed by atoms with van der Waals surface area (Å²) in [4.78, 5) is 13.7. The molecule has 0 aromatic rings. The number of hydrogen-bond donors (Lipinski definition) is 1. The summed E-state index contributed by atoms with van der Waals surface area (Å²) in [5.41, 5.74) is 4.77. The maximum atomic E-state index is 12.1. The standard InChI is InChI=1S/C13H21N3O3/c1-12(2,3)19-11(17)16-4-9-6-18-7-10(5-16)13(9,15)8-14/h9-10H,4-7,15H2,1-3H3. The molecule has 0 aromatic carbocycles. The van der Waals surface area contributed by atoms with Crippen molar-refractivity contribution in [1.82, 2.24) is 4.90 Å². The number of nitrogens with zero attached hydrogens (tertiary/aromatic N) is 2. The Labute approximate surface area is 113 Å². The average molecular weight is 267 g/mol. The van der Waals surface area contributed by atoms with Crippen LogP contribution >= 0.6 is 0 Å². The van der Waals surface area contributed by atoms with Gasteiger partial charge in [-0.15, -0.1) is 0 Å². The lowest BCUT2D eigenvalue weighted by atomic mass is 9.71. The first-order valence-corrected chi connectivity index (χ1v) is 6.52. The summed E-state index contributed by atoms with van der Waals surface area (Å²) in [6.07, 6.45) is -0.343. The molecule has 106 valence electrons. The molecule has 2 unspecified atom stereocenters. The zero-order valence-corrected chi connectivity index (χ0v) is 11.7. The smallest absolute Gasteiger partial charge is 0.410 e. The lowest BCUT2D eigenvalue weighted by molar-refractivity contribution is -0.0795. The molecule has 2 saturated heterocycles. The van der Waals surface area contributed by atoms with Gasteiger partial charge in [0.05, 0.1) is 19.3 Å². The molecule has 0 aliphatic carbocycles. The molecule has 2 heterocycles. The summed E-state index contributed by atoms with van der Waals surface area (Å²) in [7, 11) is 0. The van der Waals surface area contributed by atoms with Crippen LogP contribution in [-0.2, 0) is 9.47 Å². The third-order valence-corrected chi connectivity index (χ3v) is 3.72. The van der Waals surface area contributed by atoms with Gasteiger partial charge >= 0.3 is 6.09 Å². The van der Waals surface area contributed by atoms with Gasteiger partial charge in [-0.25, -0.2) is 4.79 Å². The minimum absolute atomic E-state index is 0.155. The Morgan fingerprint density at radius 1 is 1.42 bits per heavy atom. The van der Waals surface area contributed by atoms with Gasteiger partial charge in [-0.05, 0) is 20.8 Å². The Bertz CT molecular complexity index is 396. The number of nitrogens with two attached hydrogens (primary N) is 1. The normalized spacial score (nSPS) is 34.6. The van der Waals surface area contributed by atoms with Gasteiger partial charge in [-0.3, -0.25) is 0 Å². The van der Waals surface area contributed by atoms with Gasteiger partial charge in [-0.2, -0.15) is 5.26 Å². The van der Waals surface area contributed by atoms with Gasteiger partial charge in [0.15, 0.2) is 0 Å². The van der Waals surface area contributed by atoms with Crippen molar-refractivity contribution in [3.05, 3.63) is 0 Å². The number of carbonyl (C=O) groups excluding carboxylic acids is 1. The van der Waals surface area contributed by atoms with Crippen molar-refractivity contribution < 1.29 is 14.3 Å². The molecule has 2 fully saturated rings. The predicted octanol–water partition coefficient (Wildman–Crippen LogP) is 0.721. The number of piperidine rings is 1. The number of carbonyl (C=O) groups is 1. The van der Waals surface area contributed by atoms with Gasteiger partial charge in [0.1, 0.15) is 11.1 Å². The summed E-state index contributed by atoms with van der Waals surface area (Å²) in [6, 6.07) is 2.21. The van der Waals surface area contributed by atoms with E-state index in [0.29, 0.717) is 26.3 Å². The second-order valence-electron chi connectivity index (χ2n) is 6.36. The van der Waals surface area contributed by atoms with E-state index in [9.17, 15) is 10.1 Å². The third-order valence-electron chi connectivity index (χ3n) is 3.72. The first-order chi connectivity index (χ1) is 8.76. The zero-order chi connectivity index (χ0) is 14.3. The summed E-state index contributed by atoms with van der Waals surface area (Å²) in [6.45, 7) is 7.16. The molecule has 2 rings (SSSR count). The lowest BCUT2D eigenvalue weighted by Crippen LogP contribution is -2.68. The van der Waals surface area contributed by atoms with Crippen LogP contribution in [0.25, 0.3) is 0 Å². The van der Waals surface area contributed by atoms with Crippen LogP contribution in [0.15, 0.2) is 0 Å². The molecule has 0 aromatic heterocycles. The minimum atomic E-state index is -0.892. The van der Waals surface area contributed by atoms with Crippen LogP contribution in [0.4, 0.5) is 4.79 Å². The molecule has 0 radical (unpaired) electrons. The summed E-state index contributed by atoms with van der Waals surface area (Å²) in [5, 5.41) is 9.30. The van der Waals surface area contributed by atoms with Crippen molar-refractivity contribution in [1.29, 1.82) is 5.26 Å². The van der Waals surface area contributed by atoms with E-state index in [1.165, 1.54) is 0 Å². The molecule has 19 heavy (non-hydrogen) atoms. The molecule has 2 bridgehead atoms. The van der Waals surface area contributed by atoms with Crippen LogP contribution in [0.5, 0.6) is 0 Å². The van der Waals surface area contributed by atoms with Crippen LogP contribution in [-0.4, -0.2) is 48.4 Å². The molecule has 1 amide bonds. The monoisotopic (exact) mass is 267 g/mol. The third kappa shape index (κ3) is 2.67. The van der Waals surface area contributed by atoms with Gasteiger partial charge in [0, 0.05) is 24.9 Å². The quantitative estimate of drug-likeness (QED) is 0.698. The molecule has 2 aliphatic heterocycles. The lowest BCUT2D eigenvalue weighted by Gasteiger charge is -2.49. The number of amides is 1. The Morgan fingerprint density at radius 3 is 2.37 bits per heavy atom. The van der Waals surface area contributed by atoms with Gasteiger partial charge < -0.3 is 20.1 Å². The fourth-order valence-corrected chi connectivity index (χ4v) is 2.63. The van der Waals surface area contributed by atoms with Gasteiger partial charge in [-0.1, -0.05) is 0 Å². The number of rotatable bonds is 0. The van der Waals surface area contributed by atoms with Crippen LogP contribution in [0.3, 0.4) is 0 Å². The van der Waals surface area contributed by atoms with E-state index in [4.69, 9.17) is 15.2 Å². The maximum Gasteiger partial charge on any atom is 0.410 e. The highest BCUT2D eigenvalue weighted by Crippen LogP contribution is 2.35. The molecule has 6 nitrogen and oxygen atoms in total. The van der Waals surface area contributed by atoms with Crippen molar-refractivity contribution in [3.63, 3.8) is 0 Å². The Kier molecular flexibility index (Phi) is 3.45. The van der Waals surface area contributed by atoms with Crippen molar-refractivity contribution in [2.24, 2.45) is 17.6 Å². The topological polar surface area (TPSA) is 88.6 Å². The largest absolute Gasteiger partial charge is 0.444 e. The van der Waals surface area contributed by atoms with Crippen molar-refractivity contribution in [3.8, 4) is 6.07 Å². The Hall–Kier alpha value is -1.32. The van der Waals surface area contributed by atoms with E-state index < -0.39 is 11.1 Å². The van der Waals surface area contributed by atoms with Crippen molar-refractivity contribution in [2.45, 2.75) is 31.9 Å². The number of fused-ring (bicyclic) bond motifs is 2. The molecular formula is C13H21N3O3. The highest BCUT2D eigenvalue weighted by molar-refractivity contribution is 5.68. The van der Waals surface area contributed by atoms with Crippen LogP contribution in [0.1, 0.15) is 20.8 Å². The van der Waals surface area contributed by atoms with E-state index in [0.717, 1.165) is 0 Å². The fraction of sp³-hybridized carbons (Fsp3) is 0.846. The minimum Gasteiger partial charge on any atom is -0.444 e. The zero-order valence-electron chi connectivity index (χ0n) is 11.7. The molecular weight excluding hydrogens is 246 g/mol. The fourth-order valence-electron chi connectivity index (χ4n) is 2.63. The van der Waals surface area contributed by atoms with Crippen LogP contribution < -0.4 is 5.73 Å². The number of hydrogen-bond acceptors (Lipinski definition) is 5. The van der Waals surface area contributed by atoms with E-state index in [2.05, 4.69) is 6.07 Å². The highest BCUT2D eigenvalue weighted by atomic mass is 16.6. The number of likely N-dealkylation sites (tertiary alicyclic amines) is 1. The average Bonchev–Trinajstić information content (AvgIpc) is 2.25. The summed E-state index contributed by atoms with van der Waals surface area (Å²) >= 11 is 0. The molecule has 0 saturated carbocycles. The molecule has 2 aliphatic rings. The molecule has 2 N–H and O–H groups in total. The second-order valence-corrected chi connectivity index (χ2v) is 6.36. The van der Waals surface area contributed by atoms with Crippen molar-refractivity contribution >= 4 is 6.09 Å². The van der Waals surface area contributed by atoms with Gasteiger partial charge in [0.25, 0.3) is 0 Å². The molecule has 6 heteroatoms. The molecule has 2 atom stereocenters. The highest BCUT2D eigenvalue weighted by Gasteiger charge is 2.51. The SMILES string of the molecule is CC(C)(C)OC(=O)N1CC2COCC(C1)C2(N)C#N. The first-order valence-electron chi connectivity index (χ1n) is 6.52. The van der Waals surface area contributed by atoms with E-state index >= 15 is 0 Å². The van der Waals surface area contributed by atoms with E-state index in [1.54, 1.807) is 4.90 Å².